The molecule has 2 aromatic rings. The van der Waals surface area contributed by atoms with E-state index in [0.717, 1.165) is 61.0 Å². The van der Waals surface area contributed by atoms with Crippen LogP contribution in [0.5, 0.6) is 0 Å². The van der Waals surface area contributed by atoms with Gasteiger partial charge in [-0.05, 0) is 79.5 Å². The van der Waals surface area contributed by atoms with Gasteiger partial charge in [0, 0.05) is 50.0 Å². The van der Waals surface area contributed by atoms with Crippen LogP contribution in [0.2, 0.25) is 0 Å². The van der Waals surface area contributed by atoms with Crippen molar-refractivity contribution in [3.05, 3.63) is 71.2 Å². The van der Waals surface area contributed by atoms with Crippen LogP contribution in [0.4, 0.5) is 4.39 Å². The van der Waals surface area contributed by atoms with Crippen LogP contribution in [0.25, 0.3) is 11.1 Å². The molecule has 38 heavy (non-hydrogen) atoms. The first-order valence-electron chi connectivity index (χ1n) is 13.6. The molecule has 200 valence electrons. The maximum Gasteiger partial charge on any atom is 0.150 e. The van der Waals surface area contributed by atoms with E-state index in [4.69, 9.17) is 4.74 Å². The lowest BCUT2D eigenvalue weighted by molar-refractivity contribution is -0.0587. The van der Waals surface area contributed by atoms with Crippen molar-refractivity contribution < 1.29 is 13.9 Å². The minimum absolute atomic E-state index is 0.181. The Morgan fingerprint density at radius 3 is 2.63 bits per heavy atom. The molecule has 2 aromatic carbocycles. The zero-order valence-corrected chi connectivity index (χ0v) is 22.3. The second-order valence-electron chi connectivity index (χ2n) is 11.2. The summed E-state index contributed by atoms with van der Waals surface area (Å²) in [7, 11) is 3.78. The summed E-state index contributed by atoms with van der Waals surface area (Å²) in [5, 5.41) is 16.6. The molecule has 3 fully saturated rings. The molecule has 2 bridgehead atoms. The maximum atomic E-state index is 15.3. The minimum atomic E-state index is -0.562. The molecule has 2 N–H and O–H groups in total. The fourth-order valence-electron chi connectivity index (χ4n) is 6.60. The summed E-state index contributed by atoms with van der Waals surface area (Å²) in [5.41, 5.74) is 3.77. The van der Waals surface area contributed by atoms with E-state index in [9.17, 15) is 10.1 Å². The molecular formula is C31H37FN4O2. The number of hydrogen-bond acceptors (Lipinski definition) is 6. The van der Waals surface area contributed by atoms with Gasteiger partial charge in [-0.15, -0.1) is 0 Å². The largest absolute Gasteiger partial charge is 0.373 e. The first-order chi connectivity index (χ1) is 18.4. The normalized spacial score (nSPS) is 25.1. The summed E-state index contributed by atoms with van der Waals surface area (Å²) >= 11 is 0. The number of rotatable bonds is 9. The Morgan fingerprint density at radius 1 is 1.29 bits per heavy atom. The van der Waals surface area contributed by atoms with Crippen molar-refractivity contribution in [1.82, 2.24) is 15.5 Å². The van der Waals surface area contributed by atoms with Crippen LogP contribution < -0.4 is 10.6 Å². The Hall–Kier alpha value is -3.05. The molecule has 4 atom stereocenters. The Bertz CT molecular complexity index is 1250. The third-order valence-corrected chi connectivity index (χ3v) is 8.92. The average Bonchev–Trinajstić information content (AvgIpc) is 3.58. The number of likely N-dealkylation sites (tertiary alicyclic amines) is 1. The molecule has 2 saturated heterocycles. The topological polar surface area (TPSA) is 77.4 Å². The Balaban J connectivity index is 1.33. The van der Waals surface area contributed by atoms with E-state index in [1.165, 1.54) is 18.9 Å². The molecule has 0 amide bonds. The number of nitrogens with zero attached hydrogens (tertiary/aromatic N) is 2. The van der Waals surface area contributed by atoms with Crippen molar-refractivity contribution in [2.75, 3.05) is 27.2 Å². The molecule has 6 nitrogen and oxygen atoms in total. The van der Waals surface area contributed by atoms with Gasteiger partial charge in [0.1, 0.15) is 18.1 Å². The number of fused-ring (bicyclic) bond motifs is 2. The average molecular weight is 517 g/mol. The highest BCUT2D eigenvalue weighted by molar-refractivity contribution is 5.80. The number of aldehydes is 1. The van der Waals surface area contributed by atoms with Crippen LogP contribution >= 0.6 is 0 Å². The summed E-state index contributed by atoms with van der Waals surface area (Å²) in [6, 6.07) is 13.2. The highest BCUT2D eigenvalue weighted by Gasteiger charge is 2.41. The van der Waals surface area contributed by atoms with Crippen molar-refractivity contribution >= 4 is 6.29 Å². The zero-order chi connectivity index (χ0) is 26.9. The lowest BCUT2D eigenvalue weighted by Gasteiger charge is -2.40. The van der Waals surface area contributed by atoms with E-state index < -0.39 is 11.6 Å². The molecule has 2 aliphatic heterocycles. The van der Waals surface area contributed by atoms with E-state index in [2.05, 4.69) is 35.2 Å². The summed E-state index contributed by atoms with van der Waals surface area (Å²) in [6.45, 7) is 5.93. The van der Waals surface area contributed by atoms with E-state index in [1.54, 1.807) is 19.2 Å². The fraction of sp³-hybridized carbons (Fsp3) is 0.484. The number of piperidine rings is 2. The first-order valence-corrected chi connectivity index (χ1v) is 13.6. The molecule has 7 heteroatoms. The summed E-state index contributed by atoms with van der Waals surface area (Å²) in [6.07, 6.45) is 6.24. The Morgan fingerprint density at radius 2 is 2.03 bits per heavy atom. The lowest BCUT2D eigenvalue weighted by Crippen LogP contribution is -2.43. The Kier molecular flexibility index (Phi) is 7.67. The minimum Gasteiger partial charge on any atom is -0.373 e. The fourth-order valence-corrected chi connectivity index (χ4v) is 6.60. The number of nitrogens with one attached hydrogen (secondary N) is 2. The van der Waals surface area contributed by atoms with Crippen LogP contribution in [-0.4, -0.2) is 56.6 Å². The number of nitriles is 1. The standard InChI is InChI=1S/C31H37FN4O2/c1-20(30-24-8-9-26(15-24)35-30)34-27(18-33)14-23-6-4-22(17-29(23)32)21-5-7-25(19-37)28(16-21)31(38-3)10-12-36(2)13-11-31/h4-7,16-17,19,24,26-27,30,34-35H,1,8-15H2,2-3H3/t24?,26?,27-,30?/m0/s1. The first kappa shape index (κ1) is 26.6. The van der Waals surface area contributed by atoms with Gasteiger partial charge in [0.15, 0.2) is 0 Å². The van der Waals surface area contributed by atoms with Gasteiger partial charge in [0.25, 0.3) is 0 Å². The van der Waals surface area contributed by atoms with Crippen LogP contribution in [0.1, 0.15) is 53.6 Å². The molecule has 0 aromatic heterocycles. The van der Waals surface area contributed by atoms with Crippen molar-refractivity contribution in [3.8, 4) is 17.2 Å². The highest BCUT2D eigenvalue weighted by atomic mass is 19.1. The quantitative estimate of drug-likeness (QED) is 0.476. The number of carbonyl (C=O) groups is 1. The highest BCUT2D eigenvalue weighted by Crippen LogP contribution is 2.40. The van der Waals surface area contributed by atoms with E-state index >= 15 is 4.39 Å². The lowest BCUT2D eigenvalue weighted by atomic mass is 9.80. The van der Waals surface area contributed by atoms with Crippen molar-refractivity contribution in [2.24, 2.45) is 5.92 Å². The van der Waals surface area contributed by atoms with Crippen LogP contribution in [0.3, 0.4) is 0 Å². The van der Waals surface area contributed by atoms with Gasteiger partial charge in [0.2, 0.25) is 0 Å². The SMILES string of the molecule is C=C(N[C@H](C#N)Cc1ccc(-c2ccc(C=O)c(C3(OC)CCN(C)CC3)c2)cc1F)C1NC2CCC1C2. The number of hydrogen-bond donors (Lipinski definition) is 2. The molecular weight excluding hydrogens is 479 g/mol. The smallest absolute Gasteiger partial charge is 0.150 e. The molecule has 1 saturated carbocycles. The third kappa shape index (κ3) is 5.13. The molecule has 0 radical (unpaired) electrons. The van der Waals surface area contributed by atoms with Crippen molar-refractivity contribution in [3.63, 3.8) is 0 Å². The molecule has 3 aliphatic rings. The number of ether oxygens (including phenoxy) is 1. The van der Waals surface area contributed by atoms with Gasteiger partial charge in [-0.2, -0.15) is 5.26 Å². The number of carbonyl (C=O) groups excluding carboxylic acids is 1. The Labute approximate surface area is 224 Å². The number of methoxy groups -OCH3 is 1. The zero-order valence-electron chi connectivity index (χ0n) is 22.3. The molecule has 5 rings (SSSR count). The third-order valence-electron chi connectivity index (χ3n) is 8.92. The van der Waals surface area contributed by atoms with Crippen LogP contribution in [0.15, 0.2) is 48.7 Å². The van der Waals surface area contributed by atoms with Gasteiger partial charge in [0.05, 0.1) is 11.7 Å². The van der Waals surface area contributed by atoms with Gasteiger partial charge in [-0.25, -0.2) is 4.39 Å². The molecule has 1 aliphatic carbocycles. The molecule has 2 heterocycles. The van der Waals surface area contributed by atoms with Gasteiger partial charge in [-0.1, -0.05) is 30.8 Å². The van der Waals surface area contributed by atoms with Crippen LogP contribution in [-0.2, 0) is 16.8 Å². The van der Waals surface area contributed by atoms with Gasteiger partial charge in [-0.3, -0.25) is 4.79 Å². The molecule has 0 spiro atoms. The molecule has 3 unspecified atom stereocenters. The van der Waals surface area contributed by atoms with Gasteiger partial charge < -0.3 is 20.3 Å². The predicted molar refractivity (Wildman–Crippen MR) is 146 cm³/mol. The summed E-state index contributed by atoms with van der Waals surface area (Å²) in [4.78, 5) is 14.2. The van der Waals surface area contributed by atoms with Crippen LogP contribution in [0, 0.1) is 23.1 Å². The summed E-state index contributed by atoms with van der Waals surface area (Å²) in [5.74, 6) is 0.215. The monoisotopic (exact) mass is 516 g/mol. The summed E-state index contributed by atoms with van der Waals surface area (Å²) < 4.78 is 21.3. The van der Waals surface area contributed by atoms with Crippen molar-refractivity contribution in [1.29, 1.82) is 5.26 Å². The second kappa shape index (κ2) is 11.0. The van der Waals surface area contributed by atoms with E-state index in [0.29, 0.717) is 23.1 Å². The van der Waals surface area contributed by atoms with E-state index in [1.807, 2.05) is 18.2 Å². The van der Waals surface area contributed by atoms with Crippen molar-refractivity contribution in [2.45, 2.75) is 62.3 Å². The van der Waals surface area contributed by atoms with E-state index in [-0.39, 0.29) is 18.3 Å². The predicted octanol–water partition coefficient (Wildman–Crippen LogP) is 4.55. The number of benzene rings is 2. The van der Waals surface area contributed by atoms with Gasteiger partial charge >= 0.3 is 0 Å². The maximum absolute atomic E-state index is 15.3. The second-order valence-corrected chi connectivity index (χ2v) is 11.2. The number of halogens is 1.